The Morgan fingerprint density at radius 1 is 1.06 bits per heavy atom. The number of anilines is 2. The number of ether oxygens (including phenoxy) is 1. The van der Waals surface area contributed by atoms with E-state index >= 15 is 0 Å². The second-order valence-corrected chi connectivity index (χ2v) is 8.21. The zero-order valence-electron chi connectivity index (χ0n) is 16.8. The van der Waals surface area contributed by atoms with Crippen LogP contribution in [0.1, 0.15) is 11.1 Å². The first-order valence-electron chi connectivity index (χ1n) is 9.09. The average Bonchev–Trinajstić information content (AvgIpc) is 2.74. The Morgan fingerprint density at radius 3 is 2.45 bits per heavy atom. The first kappa shape index (κ1) is 21.8. The van der Waals surface area contributed by atoms with Gasteiger partial charge in [0.25, 0.3) is 15.7 Å². The van der Waals surface area contributed by atoms with Gasteiger partial charge in [-0.3, -0.25) is 20.3 Å². The highest BCUT2D eigenvalue weighted by atomic mass is 32.2. The SMILES string of the molecule is COc1ccc(NS(=O)(=O)c2cc([N+](=O)[O-])ccc2NN=Cc2cccc(C)c2)cc1. The molecule has 0 saturated heterocycles. The maximum atomic E-state index is 13.0. The molecule has 3 rings (SSSR count). The molecule has 0 heterocycles. The Hall–Kier alpha value is -3.92. The van der Waals surface area contributed by atoms with Crippen LogP contribution in [0.5, 0.6) is 5.75 Å². The standard InChI is InChI=1S/C21H20N4O5S/c1-15-4-3-5-16(12-15)14-22-23-20-11-8-18(25(26)27)13-21(20)31(28,29)24-17-6-9-19(30-2)10-7-17/h3-14,23-24H,1-2H3. The van der Waals surface area contributed by atoms with E-state index in [4.69, 9.17) is 4.74 Å². The number of rotatable bonds is 8. The van der Waals surface area contributed by atoms with Gasteiger partial charge in [-0.1, -0.05) is 29.8 Å². The molecule has 0 aromatic heterocycles. The van der Waals surface area contributed by atoms with Crippen molar-refractivity contribution in [2.24, 2.45) is 5.10 Å². The predicted octanol–water partition coefficient (Wildman–Crippen LogP) is 4.16. The largest absolute Gasteiger partial charge is 0.497 e. The number of benzene rings is 3. The number of non-ortho nitro benzene ring substituents is 1. The lowest BCUT2D eigenvalue weighted by atomic mass is 10.2. The maximum absolute atomic E-state index is 13.0. The highest BCUT2D eigenvalue weighted by Crippen LogP contribution is 2.28. The van der Waals surface area contributed by atoms with Crippen LogP contribution in [0.25, 0.3) is 0 Å². The molecule has 0 bridgehead atoms. The number of hydrogen-bond acceptors (Lipinski definition) is 7. The van der Waals surface area contributed by atoms with Crippen molar-refractivity contribution < 1.29 is 18.1 Å². The number of aryl methyl sites for hydroxylation is 1. The second-order valence-electron chi connectivity index (χ2n) is 6.56. The van der Waals surface area contributed by atoms with Gasteiger partial charge in [0.05, 0.1) is 23.9 Å². The molecule has 0 aliphatic heterocycles. The van der Waals surface area contributed by atoms with Gasteiger partial charge in [0.2, 0.25) is 0 Å². The van der Waals surface area contributed by atoms with E-state index in [9.17, 15) is 18.5 Å². The number of nitrogens with zero attached hydrogens (tertiary/aromatic N) is 2. The van der Waals surface area contributed by atoms with Crippen molar-refractivity contribution in [3.63, 3.8) is 0 Å². The molecule has 0 saturated carbocycles. The molecular weight excluding hydrogens is 420 g/mol. The summed E-state index contributed by atoms with van der Waals surface area (Å²) in [6.07, 6.45) is 1.53. The number of nitrogens with one attached hydrogen (secondary N) is 2. The summed E-state index contributed by atoms with van der Waals surface area (Å²) in [4.78, 5) is 10.2. The van der Waals surface area contributed by atoms with Crippen molar-refractivity contribution in [3.05, 3.63) is 88.0 Å². The van der Waals surface area contributed by atoms with Crippen molar-refractivity contribution in [1.82, 2.24) is 0 Å². The number of hydrazone groups is 1. The Balaban J connectivity index is 1.92. The molecule has 3 aromatic carbocycles. The molecule has 160 valence electrons. The first-order chi connectivity index (χ1) is 14.8. The van der Waals surface area contributed by atoms with Gasteiger partial charge in [-0.2, -0.15) is 5.10 Å². The van der Waals surface area contributed by atoms with Crippen LogP contribution in [0, 0.1) is 17.0 Å². The minimum absolute atomic E-state index is 0.0931. The smallest absolute Gasteiger partial charge is 0.270 e. The van der Waals surface area contributed by atoms with Crippen LogP contribution in [0.4, 0.5) is 17.1 Å². The van der Waals surface area contributed by atoms with Crippen molar-refractivity contribution in [1.29, 1.82) is 0 Å². The molecule has 0 atom stereocenters. The summed E-state index contributed by atoms with van der Waals surface area (Å²) in [6, 6.07) is 17.3. The van der Waals surface area contributed by atoms with Gasteiger partial charge in [0.15, 0.2) is 0 Å². The van der Waals surface area contributed by atoms with Crippen LogP contribution < -0.4 is 14.9 Å². The van der Waals surface area contributed by atoms with Gasteiger partial charge in [-0.05, 0) is 42.8 Å². The summed E-state index contributed by atoms with van der Waals surface area (Å²) in [5.74, 6) is 0.561. The van der Waals surface area contributed by atoms with Crippen LogP contribution in [-0.4, -0.2) is 26.7 Å². The molecule has 2 N–H and O–H groups in total. The van der Waals surface area contributed by atoms with E-state index in [-0.39, 0.29) is 22.0 Å². The van der Waals surface area contributed by atoms with E-state index in [1.165, 1.54) is 37.6 Å². The minimum Gasteiger partial charge on any atom is -0.497 e. The van der Waals surface area contributed by atoms with E-state index in [1.54, 1.807) is 12.1 Å². The van der Waals surface area contributed by atoms with Crippen molar-refractivity contribution in [2.75, 3.05) is 17.3 Å². The van der Waals surface area contributed by atoms with Crippen molar-refractivity contribution in [2.45, 2.75) is 11.8 Å². The summed E-state index contributed by atoms with van der Waals surface area (Å²) in [5, 5.41) is 15.3. The topological polar surface area (TPSA) is 123 Å². The third-order valence-electron chi connectivity index (χ3n) is 4.25. The van der Waals surface area contributed by atoms with Gasteiger partial charge in [0.1, 0.15) is 10.6 Å². The van der Waals surface area contributed by atoms with Crippen LogP contribution in [0.15, 0.2) is 76.7 Å². The van der Waals surface area contributed by atoms with Crippen LogP contribution in [-0.2, 0) is 10.0 Å². The maximum Gasteiger partial charge on any atom is 0.270 e. The predicted molar refractivity (Wildman–Crippen MR) is 119 cm³/mol. The molecule has 0 radical (unpaired) electrons. The number of nitro groups is 1. The number of hydrogen-bond donors (Lipinski definition) is 2. The van der Waals surface area contributed by atoms with Gasteiger partial charge >= 0.3 is 0 Å². The summed E-state index contributed by atoms with van der Waals surface area (Å²) in [5.41, 5.74) is 4.54. The highest BCUT2D eigenvalue weighted by molar-refractivity contribution is 7.92. The molecular formula is C21H20N4O5S. The summed E-state index contributed by atoms with van der Waals surface area (Å²) in [6.45, 7) is 1.94. The second kappa shape index (κ2) is 9.26. The van der Waals surface area contributed by atoms with Crippen molar-refractivity contribution in [3.8, 4) is 5.75 Å². The molecule has 0 spiro atoms. The van der Waals surface area contributed by atoms with Gasteiger partial charge < -0.3 is 4.74 Å². The Bertz CT molecular complexity index is 1220. The summed E-state index contributed by atoms with van der Waals surface area (Å²) >= 11 is 0. The molecule has 0 unspecified atom stereocenters. The monoisotopic (exact) mass is 440 g/mol. The first-order valence-corrected chi connectivity index (χ1v) is 10.6. The normalized spacial score (nSPS) is 11.3. The lowest BCUT2D eigenvalue weighted by Crippen LogP contribution is -2.15. The number of methoxy groups -OCH3 is 1. The number of sulfonamides is 1. The van der Waals surface area contributed by atoms with E-state index in [0.717, 1.165) is 17.2 Å². The van der Waals surface area contributed by atoms with Crippen molar-refractivity contribution >= 4 is 33.3 Å². The van der Waals surface area contributed by atoms with Crippen LogP contribution in [0.3, 0.4) is 0 Å². The fourth-order valence-electron chi connectivity index (χ4n) is 2.74. The summed E-state index contributed by atoms with van der Waals surface area (Å²) < 4.78 is 33.4. The average molecular weight is 440 g/mol. The van der Waals surface area contributed by atoms with Gasteiger partial charge in [0, 0.05) is 17.8 Å². The van der Waals surface area contributed by atoms with E-state index in [2.05, 4.69) is 15.2 Å². The quantitative estimate of drug-likeness (QED) is 0.308. The molecule has 9 nitrogen and oxygen atoms in total. The molecule has 3 aromatic rings. The molecule has 31 heavy (non-hydrogen) atoms. The molecule has 0 aliphatic rings. The zero-order chi connectivity index (χ0) is 22.4. The number of nitro benzene ring substituents is 1. The van der Waals surface area contributed by atoms with Gasteiger partial charge in [-0.15, -0.1) is 0 Å². The Labute approximate surface area is 179 Å². The van der Waals surface area contributed by atoms with E-state index < -0.39 is 14.9 Å². The van der Waals surface area contributed by atoms with E-state index in [1.807, 2.05) is 31.2 Å². The summed E-state index contributed by atoms with van der Waals surface area (Å²) in [7, 11) is -2.66. The third-order valence-corrected chi connectivity index (χ3v) is 5.67. The Kier molecular flexibility index (Phi) is 6.51. The Morgan fingerprint density at radius 2 is 1.81 bits per heavy atom. The van der Waals surface area contributed by atoms with Crippen LogP contribution in [0.2, 0.25) is 0 Å². The fraction of sp³-hybridized carbons (Fsp3) is 0.0952. The fourth-order valence-corrected chi connectivity index (χ4v) is 3.97. The molecule has 0 aliphatic carbocycles. The lowest BCUT2D eigenvalue weighted by molar-refractivity contribution is -0.385. The van der Waals surface area contributed by atoms with Crippen LogP contribution >= 0.6 is 0 Å². The zero-order valence-corrected chi connectivity index (χ0v) is 17.6. The highest BCUT2D eigenvalue weighted by Gasteiger charge is 2.22. The molecule has 0 amide bonds. The molecule has 10 heteroatoms. The van der Waals surface area contributed by atoms with E-state index in [0.29, 0.717) is 5.75 Å². The minimum atomic E-state index is -4.15. The molecule has 0 fully saturated rings. The third kappa shape index (κ3) is 5.58. The lowest BCUT2D eigenvalue weighted by Gasteiger charge is -2.12. The van der Waals surface area contributed by atoms with Gasteiger partial charge in [-0.25, -0.2) is 8.42 Å².